The van der Waals surface area contributed by atoms with Gasteiger partial charge in [-0.15, -0.1) is 0 Å². The SMILES string of the molecule is NC1(CCc2c(O)cc(O)cc2O)CC1. The Bertz CT molecular complexity index is 362. The van der Waals surface area contributed by atoms with E-state index in [-0.39, 0.29) is 22.8 Å². The summed E-state index contributed by atoms with van der Waals surface area (Å²) in [7, 11) is 0. The molecule has 1 aliphatic rings. The molecule has 82 valence electrons. The monoisotopic (exact) mass is 209 g/mol. The fourth-order valence-corrected chi connectivity index (χ4v) is 1.67. The van der Waals surface area contributed by atoms with Crippen LogP contribution in [0.3, 0.4) is 0 Å². The zero-order valence-electron chi connectivity index (χ0n) is 8.40. The van der Waals surface area contributed by atoms with Gasteiger partial charge in [0.2, 0.25) is 0 Å². The van der Waals surface area contributed by atoms with Crippen molar-refractivity contribution in [3.8, 4) is 17.2 Å². The third kappa shape index (κ3) is 2.15. The number of hydrogen-bond donors (Lipinski definition) is 4. The molecule has 1 saturated carbocycles. The van der Waals surface area contributed by atoms with Gasteiger partial charge >= 0.3 is 0 Å². The molecule has 0 spiro atoms. The van der Waals surface area contributed by atoms with Crippen molar-refractivity contribution in [3.63, 3.8) is 0 Å². The van der Waals surface area contributed by atoms with Crippen molar-refractivity contribution in [1.82, 2.24) is 0 Å². The molecule has 0 atom stereocenters. The first kappa shape index (κ1) is 10.1. The number of rotatable bonds is 3. The molecule has 2 rings (SSSR count). The molecule has 0 bridgehead atoms. The molecule has 0 saturated heterocycles. The summed E-state index contributed by atoms with van der Waals surface area (Å²) >= 11 is 0. The van der Waals surface area contributed by atoms with E-state index in [1.54, 1.807) is 0 Å². The summed E-state index contributed by atoms with van der Waals surface area (Å²) in [5.41, 5.74) is 6.27. The van der Waals surface area contributed by atoms with Crippen LogP contribution in [0.5, 0.6) is 17.2 Å². The number of aromatic hydroxyl groups is 3. The summed E-state index contributed by atoms with van der Waals surface area (Å²) in [6.45, 7) is 0. The van der Waals surface area contributed by atoms with Crippen molar-refractivity contribution < 1.29 is 15.3 Å². The summed E-state index contributed by atoms with van der Waals surface area (Å²) < 4.78 is 0. The average Bonchev–Trinajstić information content (AvgIpc) is 2.82. The molecule has 0 unspecified atom stereocenters. The number of hydrogen-bond acceptors (Lipinski definition) is 4. The van der Waals surface area contributed by atoms with Crippen LogP contribution in [0.2, 0.25) is 0 Å². The molecule has 0 radical (unpaired) electrons. The maximum Gasteiger partial charge on any atom is 0.126 e. The third-order valence-corrected chi connectivity index (χ3v) is 2.95. The Balaban J connectivity index is 2.13. The lowest BCUT2D eigenvalue weighted by atomic mass is 10.0. The molecule has 4 nitrogen and oxygen atoms in total. The van der Waals surface area contributed by atoms with Gasteiger partial charge in [-0.1, -0.05) is 0 Å². The van der Waals surface area contributed by atoms with Crippen LogP contribution in [-0.2, 0) is 6.42 Å². The zero-order valence-corrected chi connectivity index (χ0v) is 8.40. The number of phenols is 3. The fraction of sp³-hybridized carbons (Fsp3) is 0.455. The first-order valence-electron chi connectivity index (χ1n) is 5.03. The first-order valence-corrected chi connectivity index (χ1v) is 5.03. The van der Waals surface area contributed by atoms with Gasteiger partial charge in [0.25, 0.3) is 0 Å². The van der Waals surface area contributed by atoms with Gasteiger partial charge in [0, 0.05) is 23.2 Å². The minimum absolute atomic E-state index is 0.0725. The van der Waals surface area contributed by atoms with Crippen molar-refractivity contribution in [2.24, 2.45) is 5.73 Å². The smallest absolute Gasteiger partial charge is 0.126 e. The molecule has 0 amide bonds. The van der Waals surface area contributed by atoms with Crippen LogP contribution in [0.25, 0.3) is 0 Å². The van der Waals surface area contributed by atoms with E-state index < -0.39 is 0 Å². The summed E-state index contributed by atoms with van der Waals surface area (Å²) in [6.07, 6.45) is 3.30. The second-order valence-corrected chi connectivity index (χ2v) is 4.32. The van der Waals surface area contributed by atoms with E-state index in [9.17, 15) is 10.2 Å². The highest BCUT2D eigenvalue weighted by Gasteiger charge is 2.37. The Hall–Kier alpha value is -1.42. The maximum atomic E-state index is 9.53. The number of benzene rings is 1. The minimum atomic E-state index is -0.136. The summed E-state index contributed by atoms with van der Waals surface area (Å²) in [5.74, 6) is -0.281. The standard InChI is InChI=1S/C11H15NO3/c12-11(3-4-11)2-1-8-9(14)5-7(13)6-10(8)15/h5-6,13-15H,1-4,12H2. The predicted molar refractivity (Wildman–Crippen MR) is 55.9 cm³/mol. The Labute approximate surface area is 88.0 Å². The molecular weight excluding hydrogens is 194 g/mol. The van der Waals surface area contributed by atoms with Crippen LogP contribution in [0, 0.1) is 0 Å². The van der Waals surface area contributed by atoms with Crippen LogP contribution in [-0.4, -0.2) is 20.9 Å². The molecule has 1 fully saturated rings. The van der Waals surface area contributed by atoms with Crippen LogP contribution in [0.15, 0.2) is 12.1 Å². The van der Waals surface area contributed by atoms with E-state index in [2.05, 4.69) is 0 Å². The Morgan fingerprint density at radius 3 is 2.13 bits per heavy atom. The van der Waals surface area contributed by atoms with Gasteiger partial charge in [0.1, 0.15) is 17.2 Å². The Morgan fingerprint density at radius 2 is 1.67 bits per heavy atom. The molecule has 1 aromatic carbocycles. The molecule has 4 heteroatoms. The molecule has 0 heterocycles. The molecule has 15 heavy (non-hydrogen) atoms. The van der Waals surface area contributed by atoms with E-state index in [1.165, 1.54) is 12.1 Å². The lowest BCUT2D eigenvalue weighted by Crippen LogP contribution is -2.22. The topological polar surface area (TPSA) is 86.7 Å². The molecule has 1 aliphatic carbocycles. The van der Waals surface area contributed by atoms with Gasteiger partial charge in [0.05, 0.1) is 0 Å². The second-order valence-electron chi connectivity index (χ2n) is 4.32. The van der Waals surface area contributed by atoms with E-state index >= 15 is 0 Å². The molecular formula is C11H15NO3. The van der Waals surface area contributed by atoms with Crippen molar-refractivity contribution >= 4 is 0 Å². The third-order valence-electron chi connectivity index (χ3n) is 2.95. The van der Waals surface area contributed by atoms with Gasteiger partial charge in [0.15, 0.2) is 0 Å². The largest absolute Gasteiger partial charge is 0.508 e. The normalized spacial score (nSPS) is 17.7. The van der Waals surface area contributed by atoms with Gasteiger partial charge in [-0.2, -0.15) is 0 Å². The summed E-state index contributed by atoms with van der Waals surface area (Å²) in [4.78, 5) is 0. The van der Waals surface area contributed by atoms with Gasteiger partial charge in [-0.05, 0) is 25.7 Å². The van der Waals surface area contributed by atoms with E-state index in [1.807, 2.05) is 0 Å². The molecule has 0 aliphatic heterocycles. The lowest BCUT2D eigenvalue weighted by molar-refractivity contribution is 0.416. The van der Waals surface area contributed by atoms with Crippen molar-refractivity contribution in [2.75, 3.05) is 0 Å². The van der Waals surface area contributed by atoms with Crippen molar-refractivity contribution in [1.29, 1.82) is 0 Å². The zero-order chi connectivity index (χ0) is 11.1. The quantitative estimate of drug-likeness (QED) is 0.603. The molecule has 5 N–H and O–H groups in total. The van der Waals surface area contributed by atoms with Gasteiger partial charge in [-0.3, -0.25) is 0 Å². The highest BCUT2D eigenvalue weighted by molar-refractivity contribution is 5.48. The summed E-state index contributed by atoms with van der Waals surface area (Å²) in [6, 6.07) is 2.45. The average molecular weight is 209 g/mol. The first-order chi connectivity index (χ1) is 7.00. The van der Waals surface area contributed by atoms with E-state index in [0.717, 1.165) is 19.3 Å². The van der Waals surface area contributed by atoms with Crippen LogP contribution >= 0.6 is 0 Å². The number of phenolic OH excluding ortho intramolecular Hbond substituents is 3. The maximum absolute atomic E-state index is 9.53. The van der Waals surface area contributed by atoms with Gasteiger partial charge in [-0.25, -0.2) is 0 Å². The van der Waals surface area contributed by atoms with Crippen LogP contribution in [0.4, 0.5) is 0 Å². The molecule has 0 aromatic heterocycles. The van der Waals surface area contributed by atoms with E-state index in [4.69, 9.17) is 10.8 Å². The van der Waals surface area contributed by atoms with Crippen LogP contribution in [0.1, 0.15) is 24.8 Å². The highest BCUT2D eigenvalue weighted by Crippen LogP contribution is 2.39. The Kier molecular flexibility index (Phi) is 2.23. The van der Waals surface area contributed by atoms with Crippen molar-refractivity contribution in [2.45, 2.75) is 31.2 Å². The van der Waals surface area contributed by atoms with Crippen LogP contribution < -0.4 is 5.73 Å². The minimum Gasteiger partial charge on any atom is -0.508 e. The second kappa shape index (κ2) is 3.31. The lowest BCUT2D eigenvalue weighted by Gasteiger charge is -2.11. The van der Waals surface area contributed by atoms with Crippen molar-refractivity contribution in [3.05, 3.63) is 17.7 Å². The summed E-state index contributed by atoms with van der Waals surface area (Å²) in [5, 5.41) is 28.2. The predicted octanol–water partition coefficient (Wildman–Crippen LogP) is 1.23. The Morgan fingerprint density at radius 1 is 1.13 bits per heavy atom. The fourth-order valence-electron chi connectivity index (χ4n) is 1.67. The van der Waals surface area contributed by atoms with E-state index in [0.29, 0.717) is 12.0 Å². The highest BCUT2D eigenvalue weighted by atomic mass is 16.3. The van der Waals surface area contributed by atoms with Gasteiger partial charge < -0.3 is 21.1 Å². The number of nitrogens with two attached hydrogens (primary N) is 1. The molecule has 1 aromatic rings.